The van der Waals surface area contributed by atoms with E-state index in [0.717, 1.165) is 57.3 Å². The van der Waals surface area contributed by atoms with E-state index in [1.807, 2.05) is 28.8 Å². The number of nitrogens with one attached hydrogen (secondary N) is 1. The molecule has 4 heterocycles. The average Bonchev–Trinajstić information content (AvgIpc) is 3.23. The number of anilines is 2. The second-order valence-corrected chi connectivity index (χ2v) is 8.35. The Morgan fingerprint density at radius 1 is 1.19 bits per heavy atom. The molecule has 0 bridgehead atoms. The van der Waals surface area contributed by atoms with Gasteiger partial charge in [0.05, 0.1) is 33.4 Å². The van der Waals surface area contributed by atoms with Crippen LogP contribution in [0.4, 0.5) is 11.6 Å². The molecular formula is C22H29N6O4+. The van der Waals surface area contributed by atoms with Gasteiger partial charge in [-0.1, -0.05) is 6.07 Å². The molecule has 0 unspecified atom stereocenters. The Hall–Kier alpha value is -3.11. The highest BCUT2D eigenvalue weighted by Crippen LogP contribution is 2.32. The first-order chi connectivity index (χ1) is 15.6. The molecule has 1 saturated heterocycles. The van der Waals surface area contributed by atoms with E-state index in [1.54, 1.807) is 14.2 Å². The molecule has 0 amide bonds. The summed E-state index contributed by atoms with van der Waals surface area (Å²) in [5, 5.41) is 0. The summed E-state index contributed by atoms with van der Waals surface area (Å²) in [7, 11) is 3.33. The largest absolute Gasteiger partial charge is 0.497 e. The summed E-state index contributed by atoms with van der Waals surface area (Å²) in [6.07, 6.45) is 0.871. The van der Waals surface area contributed by atoms with Gasteiger partial charge in [-0.15, -0.1) is 0 Å². The van der Waals surface area contributed by atoms with Gasteiger partial charge in [0.15, 0.2) is 11.2 Å². The van der Waals surface area contributed by atoms with Crippen LogP contribution in [0.15, 0.2) is 33.9 Å². The molecule has 2 aromatic heterocycles. The predicted molar refractivity (Wildman–Crippen MR) is 120 cm³/mol. The fourth-order valence-electron chi connectivity index (χ4n) is 4.66. The van der Waals surface area contributed by atoms with Crippen molar-refractivity contribution < 1.29 is 14.4 Å². The van der Waals surface area contributed by atoms with Crippen molar-refractivity contribution in [3.63, 3.8) is 0 Å². The Balaban J connectivity index is 1.57. The number of quaternary nitrogens is 1. The van der Waals surface area contributed by atoms with Gasteiger partial charge in [0.2, 0.25) is 5.95 Å². The fourth-order valence-corrected chi connectivity index (χ4v) is 4.66. The van der Waals surface area contributed by atoms with E-state index in [0.29, 0.717) is 30.2 Å². The van der Waals surface area contributed by atoms with Crippen molar-refractivity contribution in [1.82, 2.24) is 18.7 Å². The summed E-state index contributed by atoms with van der Waals surface area (Å²) < 4.78 is 15.6. The number of nitrogens with zero attached hydrogens (tertiary/aromatic N) is 5. The minimum atomic E-state index is -0.321. The van der Waals surface area contributed by atoms with E-state index in [4.69, 9.17) is 14.5 Å². The number of ether oxygens (including phenoxy) is 2. The summed E-state index contributed by atoms with van der Waals surface area (Å²) >= 11 is 0. The van der Waals surface area contributed by atoms with Gasteiger partial charge in [-0.25, -0.2) is 4.79 Å². The highest BCUT2D eigenvalue weighted by atomic mass is 16.5. The quantitative estimate of drug-likeness (QED) is 0.567. The highest BCUT2D eigenvalue weighted by Gasteiger charge is 2.27. The van der Waals surface area contributed by atoms with Gasteiger partial charge >= 0.3 is 5.69 Å². The molecule has 3 aromatic rings. The van der Waals surface area contributed by atoms with Crippen LogP contribution in [-0.4, -0.2) is 65.2 Å². The van der Waals surface area contributed by atoms with Gasteiger partial charge in [-0.2, -0.15) is 4.98 Å². The van der Waals surface area contributed by atoms with Crippen molar-refractivity contribution in [1.29, 1.82) is 0 Å². The second-order valence-electron chi connectivity index (χ2n) is 8.35. The van der Waals surface area contributed by atoms with Crippen LogP contribution >= 0.6 is 0 Å². The van der Waals surface area contributed by atoms with E-state index >= 15 is 0 Å². The molecule has 2 aliphatic rings. The van der Waals surface area contributed by atoms with Crippen LogP contribution in [0.25, 0.3) is 11.2 Å². The maximum absolute atomic E-state index is 13.5. The van der Waals surface area contributed by atoms with Gasteiger partial charge in [-0.05, 0) is 18.6 Å². The molecule has 170 valence electrons. The second kappa shape index (κ2) is 8.44. The Morgan fingerprint density at radius 2 is 2.00 bits per heavy atom. The minimum Gasteiger partial charge on any atom is -0.497 e. The number of benzene rings is 1. The third kappa shape index (κ3) is 3.49. The molecule has 0 saturated carbocycles. The smallest absolute Gasteiger partial charge is 0.332 e. The van der Waals surface area contributed by atoms with Crippen molar-refractivity contribution in [2.24, 2.45) is 7.05 Å². The SMILES string of the molecule is COc1cccc(N2CCCn3c2nc2c3c(=O)n(CC[NH+]3CCOCC3)c(=O)n2C)c1. The van der Waals surface area contributed by atoms with Crippen LogP contribution in [0.2, 0.25) is 0 Å². The lowest BCUT2D eigenvalue weighted by Crippen LogP contribution is -3.14. The van der Waals surface area contributed by atoms with Gasteiger partial charge in [0.25, 0.3) is 5.56 Å². The summed E-state index contributed by atoms with van der Waals surface area (Å²) in [6, 6.07) is 7.79. The Bertz CT molecular complexity index is 1250. The van der Waals surface area contributed by atoms with Gasteiger partial charge in [-0.3, -0.25) is 13.9 Å². The summed E-state index contributed by atoms with van der Waals surface area (Å²) in [4.78, 5) is 34.7. The molecule has 10 nitrogen and oxygen atoms in total. The monoisotopic (exact) mass is 441 g/mol. The van der Waals surface area contributed by atoms with Crippen LogP contribution < -0.4 is 25.8 Å². The number of aryl methyl sites for hydroxylation is 2. The maximum Gasteiger partial charge on any atom is 0.332 e. The van der Waals surface area contributed by atoms with E-state index in [9.17, 15) is 9.59 Å². The van der Waals surface area contributed by atoms with Crippen molar-refractivity contribution in [2.45, 2.75) is 19.5 Å². The lowest BCUT2D eigenvalue weighted by atomic mass is 10.2. The summed E-state index contributed by atoms with van der Waals surface area (Å²) in [5.74, 6) is 1.44. The Kier molecular flexibility index (Phi) is 5.48. The summed E-state index contributed by atoms with van der Waals surface area (Å²) in [6.45, 7) is 5.81. The number of methoxy groups -OCH3 is 1. The topological polar surface area (TPSA) is 88.0 Å². The lowest BCUT2D eigenvalue weighted by Gasteiger charge is -2.29. The molecule has 10 heteroatoms. The Labute approximate surface area is 185 Å². The van der Waals surface area contributed by atoms with Gasteiger partial charge in [0.1, 0.15) is 18.8 Å². The van der Waals surface area contributed by atoms with Gasteiger partial charge < -0.3 is 23.8 Å². The first-order valence-electron chi connectivity index (χ1n) is 11.1. The maximum atomic E-state index is 13.5. The number of fused-ring (bicyclic) bond motifs is 3. The molecule has 32 heavy (non-hydrogen) atoms. The first-order valence-corrected chi connectivity index (χ1v) is 11.1. The number of hydrogen-bond acceptors (Lipinski definition) is 6. The van der Waals surface area contributed by atoms with Crippen LogP contribution in [0.1, 0.15) is 6.42 Å². The predicted octanol–water partition coefficient (Wildman–Crippen LogP) is -0.638. The number of aromatic nitrogens is 4. The molecule has 1 N–H and O–H groups in total. The zero-order valence-electron chi connectivity index (χ0n) is 18.5. The van der Waals surface area contributed by atoms with E-state index < -0.39 is 0 Å². The molecule has 0 aliphatic carbocycles. The van der Waals surface area contributed by atoms with Crippen molar-refractivity contribution in [2.75, 3.05) is 51.4 Å². The fraction of sp³-hybridized carbons (Fsp3) is 0.500. The van der Waals surface area contributed by atoms with Crippen molar-refractivity contribution in [3.8, 4) is 5.75 Å². The molecule has 0 radical (unpaired) electrons. The third-order valence-electron chi connectivity index (χ3n) is 6.47. The zero-order chi connectivity index (χ0) is 22.2. The molecule has 5 rings (SSSR count). The van der Waals surface area contributed by atoms with Crippen LogP contribution in [-0.2, 0) is 24.9 Å². The zero-order valence-corrected chi connectivity index (χ0v) is 18.5. The molecular weight excluding hydrogens is 412 g/mol. The third-order valence-corrected chi connectivity index (χ3v) is 6.47. The average molecular weight is 442 g/mol. The normalized spacial score (nSPS) is 17.0. The molecule has 1 aromatic carbocycles. The van der Waals surface area contributed by atoms with Crippen molar-refractivity contribution >= 4 is 22.8 Å². The van der Waals surface area contributed by atoms with E-state index in [2.05, 4.69) is 4.90 Å². The number of hydrogen-bond donors (Lipinski definition) is 1. The summed E-state index contributed by atoms with van der Waals surface area (Å²) in [5.41, 5.74) is 1.29. The van der Waals surface area contributed by atoms with Gasteiger partial charge in [0, 0.05) is 31.9 Å². The first kappa shape index (κ1) is 20.8. The number of imidazole rings is 1. The van der Waals surface area contributed by atoms with Crippen molar-refractivity contribution in [3.05, 3.63) is 45.1 Å². The van der Waals surface area contributed by atoms with Crippen LogP contribution in [0.3, 0.4) is 0 Å². The van der Waals surface area contributed by atoms with Crippen LogP contribution in [0, 0.1) is 0 Å². The highest BCUT2D eigenvalue weighted by molar-refractivity contribution is 5.77. The van der Waals surface area contributed by atoms with E-state index in [-0.39, 0.29) is 11.2 Å². The molecule has 1 fully saturated rings. The number of rotatable bonds is 5. The minimum absolute atomic E-state index is 0.262. The Morgan fingerprint density at radius 3 is 2.78 bits per heavy atom. The lowest BCUT2D eigenvalue weighted by molar-refractivity contribution is -0.908. The molecule has 2 aliphatic heterocycles. The van der Waals surface area contributed by atoms with E-state index in [1.165, 1.54) is 14.0 Å². The molecule has 0 spiro atoms. The van der Waals surface area contributed by atoms with Crippen LogP contribution in [0.5, 0.6) is 5.75 Å². The standard InChI is InChI=1S/C22H28N6O4/c1-24-19-18(20(29)28(22(24)30)10-9-25-11-13-32-14-12-25)27-8-4-7-26(21(27)23-19)16-5-3-6-17(15-16)31-2/h3,5-6,15H,4,7-14H2,1-2H3/p+1. The molecule has 0 atom stereocenters. The number of morpholine rings is 1.